The minimum absolute atomic E-state index is 0.125. The molecule has 5 nitrogen and oxygen atoms in total. The Bertz CT molecular complexity index is 564. The molecule has 0 heterocycles. The molecule has 0 radical (unpaired) electrons. The highest BCUT2D eigenvalue weighted by Gasteiger charge is 2.08. The number of carbonyl (C=O) groups is 2. The number of benzene rings is 1. The summed E-state index contributed by atoms with van der Waals surface area (Å²) in [4.78, 5) is 27.3. The second kappa shape index (κ2) is 5.77. The van der Waals surface area contributed by atoms with Crippen LogP contribution < -0.4 is 4.74 Å². The number of oxime groups is 1. The van der Waals surface area contributed by atoms with Gasteiger partial charge in [-0.1, -0.05) is 5.16 Å². The number of hydrogen-bond acceptors (Lipinski definition) is 5. The SMILES string of the molecule is COc1ccc(C(=O)ON=C2C=CC(=O)C=C2)cc1. The van der Waals surface area contributed by atoms with Gasteiger partial charge in [0.2, 0.25) is 0 Å². The first-order valence-electron chi connectivity index (χ1n) is 5.52. The lowest BCUT2D eigenvalue weighted by Crippen LogP contribution is -2.04. The van der Waals surface area contributed by atoms with Gasteiger partial charge in [-0.3, -0.25) is 4.79 Å². The van der Waals surface area contributed by atoms with E-state index >= 15 is 0 Å². The first-order chi connectivity index (χ1) is 9.19. The van der Waals surface area contributed by atoms with Crippen LogP contribution in [0.25, 0.3) is 0 Å². The summed E-state index contributed by atoms with van der Waals surface area (Å²) in [5.41, 5.74) is 0.770. The number of carbonyl (C=O) groups excluding carboxylic acids is 2. The van der Waals surface area contributed by atoms with E-state index in [1.165, 1.54) is 24.3 Å². The van der Waals surface area contributed by atoms with Gasteiger partial charge < -0.3 is 9.57 Å². The third kappa shape index (κ3) is 3.38. The highest BCUT2D eigenvalue weighted by molar-refractivity contribution is 6.16. The van der Waals surface area contributed by atoms with Crippen molar-refractivity contribution in [3.8, 4) is 5.75 Å². The summed E-state index contributed by atoms with van der Waals surface area (Å²) in [7, 11) is 1.54. The van der Waals surface area contributed by atoms with Gasteiger partial charge in [0.15, 0.2) is 5.78 Å². The van der Waals surface area contributed by atoms with Crippen LogP contribution in [0.15, 0.2) is 53.7 Å². The van der Waals surface area contributed by atoms with Gasteiger partial charge in [0.25, 0.3) is 0 Å². The van der Waals surface area contributed by atoms with Crippen molar-refractivity contribution in [3.05, 3.63) is 54.1 Å². The van der Waals surface area contributed by atoms with Gasteiger partial charge in [0.1, 0.15) is 11.5 Å². The van der Waals surface area contributed by atoms with E-state index in [9.17, 15) is 9.59 Å². The van der Waals surface area contributed by atoms with Crippen molar-refractivity contribution >= 4 is 17.5 Å². The molecule has 0 spiro atoms. The Labute approximate surface area is 109 Å². The molecule has 1 aromatic carbocycles. The molecule has 19 heavy (non-hydrogen) atoms. The quantitative estimate of drug-likeness (QED) is 0.471. The molecule has 1 aromatic rings. The molecule has 0 fully saturated rings. The van der Waals surface area contributed by atoms with Crippen molar-refractivity contribution in [1.82, 2.24) is 0 Å². The third-order valence-electron chi connectivity index (χ3n) is 2.40. The molecular formula is C14H11NO4. The van der Waals surface area contributed by atoms with Crippen LogP contribution in [0.4, 0.5) is 0 Å². The van der Waals surface area contributed by atoms with Crippen LogP contribution >= 0.6 is 0 Å². The van der Waals surface area contributed by atoms with Crippen molar-refractivity contribution in [1.29, 1.82) is 0 Å². The van der Waals surface area contributed by atoms with Crippen LogP contribution in [0.1, 0.15) is 10.4 Å². The molecule has 0 saturated heterocycles. The van der Waals surface area contributed by atoms with E-state index in [0.29, 0.717) is 17.0 Å². The zero-order valence-electron chi connectivity index (χ0n) is 10.2. The zero-order valence-corrected chi connectivity index (χ0v) is 10.2. The summed E-state index contributed by atoms with van der Waals surface area (Å²) >= 11 is 0. The van der Waals surface area contributed by atoms with Crippen LogP contribution in [0, 0.1) is 0 Å². The van der Waals surface area contributed by atoms with Gasteiger partial charge in [-0.15, -0.1) is 0 Å². The molecule has 0 bridgehead atoms. The lowest BCUT2D eigenvalue weighted by Gasteiger charge is -2.02. The maximum atomic E-state index is 11.7. The number of nitrogens with zero attached hydrogens (tertiary/aromatic N) is 1. The van der Waals surface area contributed by atoms with Crippen molar-refractivity contribution in [3.63, 3.8) is 0 Å². The van der Waals surface area contributed by atoms with E-state index in [0.717, 1.165) is 0 Å². The zero-order chi connectivity index (χ0) is 13.7. The van der Waals surface area contributed by atoms with Gasteiger partial charge in [0.05, 0.1) is 12.7 Å². The predicted molar refractivity (Wildman–Crippen MR) is 69.1 cm³/mol. The Kier molecular flexibility index (Phi) is 3.87. The van der Waals surface area contributed by atoms with Crippen LogP contribution in [-0.4, -0.2) is 24.6 Å². The topological polar surface area (TPSA) is 65.0 Å². The fourth-order valence-corrected chi connectivity index (χ4v) is 1.38. The number of hydrogen-bond donors (Lipinski definition) is 0. The number of rotatable bonds is 3. The molecule has 96 valence electrons. The van der Waals surface area contributed by atoms with Gasteiger partial charge in [0, 0.05) is 0 Å². The lowest BCUT2D eigenvalue weighted by atomic mass is 10.2. The highest BCUT2D eigenvalue weighted by atomic mass is 16.7. The van der Waals surface area contributed by atoms with Crippen molar-refractivity contribution < 1.29 is 19.2 Å². The summed E-state index contributed by atoms with van der Waals surface area (Å²) in [6.07, 6.45) is 5.65. The molecule has 0 amide bonds. The summed E-state index contributed by atoms with van der Waals surface area (Å²) < 4.78 is 4.98. The fourth-order valence-electron chi connectivity index (χ4n) is 1.38. The monoisotopic (exact) mass is 257 g/mol. The molecule has 0 N–H and O–H groups in total. The molecular weight excluding hydrogens is 246 g/mol. The second-order valence-electron chi connectivity index (χ2n) is 3.69. The molecule has 0 unspecified atom stereocenters. The number of allylic oxidation sites excluding steroid dienone is 4. The van der Waals surface area contributed by atoms with E-state index < -0.39 is 5.97 Å². The van der Waals surface area contributed by atoms with E-state index in [4.69, 9.17) is 9.57 Å². The largest absolute Gasteiger partial charge is 0.497 e. The molecule has 0 aliphatic heterocycles. The Balaban J connectivity index is 2.01. The smallest absolute Gasteiger partial charge is 0.365 e. The van der Waals surface area contributed by atoms with Crippen LogP contribution in [0.3, 0.4) is 0 Å². The molecule has 0 aromatic heterocycles. The number of ketones is 1. The molecule has 1 aliphatic rings. The minimum atomic E-state index is -0.575. The second-order valence-corrected chi connectivity index (χ2v) is 3.69. The number of ether oxygens (including phenoxy) is 1. The normalized spacial score (nSPS) is 13.3. The first kappa shape index (κ1) is 12.8. The average molecular weight is 257 g/mol. The summed E-state index contributed by atoms with van der Waals surface area (Å²) in [6.45, 7) is 0. The van der Waals surface area contributed by atoms with E-state index in [2.05, 4.69) is 5.16 Å². The van der Waals surface area contributed by atoms with Crippen LogP contribution in [0.5, 0.6) is 5.75 Å². The van der Waals surface area contributed by atoms with E-state index in [-0.39, 0.29) is 5.78 Å². The van der Waals surface area contributed by atoms with E-state index in [1.807, 2.05) is 0 Å². The first-order valence-corrected chi connectivity index (χ1v) is 5.52. The molecule has 1 aliphatic carbocycles. The average Bonchev–Trinajstić information content (AvgIpc) is 2.46. The molecule has 0 saturated carbocycles. The third-order valence-corrected chi connectivity index (χ3v) is 2.40. The summed E-state index contributed by atoms with van der Waals surface area (Å²) in [5, 5.41) is 3.65. The summed E-state index contributed by atoms with van der Waals surface area (Å²) in [6, 6.07) is 6.47. The van der Waals surface area contributed by atoms with Gasteiger partial charge in [-0.05, 0) is 48.6 Å². The van der Waals surface area contributed by atoms with Crippen molar-refractivity contribution in [2.75, 3.05) is 7.11 Å². The molecule has 0 atom stereocenters. The van der Waals surface area contributed by atoms with Gasteiger partial charge >= 0.3 is 5.97 Å². The Morgan fingerprint density at radius 3 is 2.26 bits per heavy atom. The predicted octanol–water partition coefficient (Wildman–Crippen LogP) is 1.90. The Hall–Kier alpha value is -2.69. The summed E-state index contributed by atoms with van der Waals surface area (Å²) in [5.74, 6) is -0.0474. The number of methoxy groups -OCH3 is 1. The molecule has 5 heteroatoms. The lowest BCUT2D eigenvalue weighted by molar-refractivity contribution is -0.110. The Morgan fingerprint density at radius 1 is 1.05 bits per heavy atom. The highest BCUT2D eigenvalue weighted by Crippen LogP contribution is 2.12. The van der Waals surface area contributed by atoms with Crippen LogP contribution in [-0.2, 0) is 9.63 Å². The fraction of sp³-hybridized carbons (Fsp3) is 0.0714. The van der Waals surface area contributed by atoms with E-state index in [1.54, 1.807) is 31.4 Å². The van der Waals surface area contributed by atoms with Gasteiger partial charge in [-0.25, -0.2) is 4.79 Å². The standard InChI is InChI=1S/C14H11NO4/c1-18-13-8-2-10(3-9-13)14(17)19-15-11-4-6-12(16)7-5-11/h2-9H,1H3. The maximum absolute atomic E-state index is 11.7. The Morgan fingerprint density at radius 2 is 1.68 bits per heavy atom. The van der Waals surface area contributed by atoms with Crippen molar-refractivity contribution in [2.45, 2.75) is 0 Å². The van der Waals surface area contributed by atoms with Crippen LogP contribution in [0.2, 0.25) is 0 Å². The van der Waals surface area contributed by atoms with Gasteiger partial charge in [-0.2, -0.15) is 0 Å². The molecule has 2 rings (SSSR count). The maximum Gasteiger partial charge on any atom is 0.365 e. The minimum Gasteiger partial charge on any atom is -0.497 e. The van der Waals surface area contributed by atoms with Crippen molar-refractivity contribution in [2.24, 2.45) is 5.16 Å².